The number of rotatable bonds is 2. The maximum absolute atomic E-state index is 11.0. The quantitative estimate of drug-likeness (QED) is 0.590. The summed E-state index contributed by atoms with van der Waals surface area (Å²) in [7, 11) is -3.81. The zero-order valence-corrected chi connectivity index (χ0v) is 7.67. The number of carbonyl (C=O) groups excluding carboxylic acids is 1. The molecule has 7 heteroatoms. The van der Waals surface area contributed by atoms with Crippen LogP contribution in [0.3, 0.4) is 0 Å². The van der Waals surface area contributed by atoms with Crippen LogP contribution in [-0.4, -0.2) is 27.2 Å². The van der Waals surface area contributed by atoms with Gasteiger partial charge in [-0.05, 0) is 6.92 Å². The molecule has 0 unspecified atom stereocenters. The minimum absolute atomic E-state index is 0.156. The summed E-state index contributed by atoms with van der Waals surface area (Å²) in [5.74, 6) is -0.773. The molecule has 0 aromatic rings. The van der Waals surface area contributed by atoms with Gasteiger partial charge in [0.15, 0.2) is 5.03 Å². The SMILES string of the molecule is CCOC(=O)C1=C(N)S(=O)(=O)N=C1. The van der Waals surface area contributed by atoms with Crippen LogP contribution in [0.5, 0.6) is 0 Å². The average molecular weight is 204 g/mol. The molecule has 1 aliphatic heterocycles. The van der Waals surface area contributed by atoms with Gasteiger partial charge in [0.1, 0.15) is 5.57 Å². The van der Waals surface area contributed by atoms with E-state index in [9.17, 15) is 13.2 Å². The second kappa shape index (κ2) is 3.17. The molecule has 2 N–H and O–H groups in total. The fourth-order valence-corrected chi connectivity index (χ4v) is 1.52. The highest BCUT2D eigenvalue weighted by atomic mass is 32.2. The molecule has 0 atom stereocenters. The van der Waals surface area contributed by atoms with Crippen LogP contribution in [0.1, 0.15) is 6.92 Å². The Balaban J connectivity index is 3.03. The van der Waals surface area contributed by atoms with Crippen molar-refractivity contribution in [1.29, 1.82) is 0 Å². The summed E-state index contributed by atoms with van der Waals surface area (Å²) in [6, 6.07) is 0. The highest BCUT2D eigenvalue weighted by molar-refractivity contribution is 7.94. The first-order valence-corrected chi connectivity index (χ1v) is 4.90. The fraction of sp³-hybridized carbons (Fsp3) is 0.333. The molecule has 0 spiro atoms. The monoisotopic (exact) mass is 204 g/mol. The maximum atomic E-state index is 11.0. The zero-order chi connectivity index (χ0) is 10.1. The van der Waals surface area contributed by atoms with Crippen molar-refractivity contribution < 1.29 is 17.9 Å². The summed E-state index contributed by atoms with van der Waals surface area (Å²) in [6.45, 7) is 1.76. The number of carbonyl (C=O) groups is 1. The van der Waals surface area contributed by atoms with E-state index >= 15 is 0 Å². The second-order valence-electron chi connectivity index (χ2n) is 2.21. The van der Waals surface area contributed by atoms with Crippen LogP contribution in [0.25, 0.3) is 0 Å². The molecule has 0 amide bonds. The number of nitrogens with zero attached hydrogens (tertiary/aromatic N) is 1. The van der Waals surface area contributed by atoms with E-state index in [-0.39, 0.29) is 12.2 Å². The molecule has 0 radical (unpaired) electrons. The van der Waals surface area contributed by atoms with Crippen LogP contribution in [-0.2, 0) is 19.6 Å². The lowest BCUT2D eigenvalue weighted by molar-refractivity contribution is -0.137. The molecule has 1 heterocycles. The van der Waals surface area contributed by atoms with E-state index in [2.05, 4.69) is 9.13 Å². The third-order valence-corrected chi connectivity index (χ3v) is 2.52. The van der Waals surface area contributed by atoms with Crippen LogP contribution < -0.4 is 5.73 Å². The molecule has 0 saturated heterocycles. The molecule has 0 aliphatic carbocycles. The first-order valence-electron chi connectivity index (χ1n) is 3.46. The summed E-state index contributed by atoms with van der Waals surface area (Å²) in [5.41, 5.74) is 4.95. The smallest absolute Gasteiger partial charge is 0.342 e. The number of esters is 1. The van der Waals surface area contributed by atoms with Gasteiger partial charge < -0.3 is 10.5 Å². The van der Waals surface area contributed by atoms with Gasteiger partial charge in [-0.2, -0.15) is 12.8 Å². The Morgan fingerprint density at radius 2 is 2.31 bits per heavy atom. The van der Waals surface area contributed by atoms with Gasteiger partial charge in [0.25, 0.3) is 10.0 Å². The Bertz CT molecular complexity index is 393. The topological polar surface area (TPSA) is 98.8 Å². The molecule has 0 fully saturated rings. The van der Waals surface area contributed by atoms with Crippen LogP contribution in [0.15, 0.2) is 15.0 Å². The van der Waals surface area contributed by atoms with E-state index in [0.717, 1.165) is 6.21 Å². The molecule has 0 aromatic heterocycles. The molecule has 1 rings (SSSR count). The van der Waals surface area contributed by atoms with Crippen molar-refractivity contribution in [3.05, 3.63) is 10.6 Å². The van der Waals surface area contributed by atoms with Crippen LogP contribution in [0, 0.1) is 0 Å². The van der Waals surface area contributed by atoms with Gasteiger partial charge in [-0.25, -0.2) is 4.79 Å². The first kappa shape index (κ1) is 9.72. The third-order valence-electron chi connectivity index (χ3n) is 1.36. The summed E-state index contributed by atoms with van der Waals surface area (Å²) < 4.78 is 29.4. The normalized spacial score (nSPS) is 19.2. The molecular formula is C6H8N2O4S. The molecular weight excluding hydrogens is 196 g/mol. The molecule has 72 valence electrons. The summed E-state index contributed by atoms with van der Waals surface area (Å²) >= 11 is 0. The first-order chi connectivity index (χ1) is 5.99. The van der Waals surface area contributed by atoms with E-state index in [0.29, 0.717) is 0 Å². The highest BCUT2D eigenvalue weighted by Gasteiger charge is 2.28. The molecule has 1 aliphatic rings. The summed E-state index contributed by atoms with van der Waals surface area (Å²) in [5, 5.41) is -0.550. The molecule has 0 saturated carbocycles. The zero-order valence-electron chi connectivity index (χ0n) is 6.85. The summed E-state index contributed by atoms with van der Waals surface area (Å²) in [6.07, 6.45) is 0.892. The number of hydrogen-bond acceptors (Lipinski definition) is 5. The molecule has 13 heavy (non-hydrogen) atoms. The number of sulfonamides is 1. The maximum Gasteiger partial charge on any atom is 0.342 e. The van der Waals surface area contributed by atoms with E-state index in [1.807, 2.05) is 0 Å². The molecule has 0 bridgehead atoms. The van der Waals surface area contributed by atoms with Gasteiger partial charge in [0.05, 0.1) is 12.8 Å². The van der Waals surface area contributed by atoms with Crippen molar-refractivity contribution in [3.8, 4) is 0 Å². The Kier molecular flexibility index (Phi) is 2.37. The Morgan fingerprint density at radius 3 is 2.69 bits per heavy atom. The predicted molar refractivity (Wildman–Crippen MR) is 45.3 cm³/mol. The minimum Gasteiger partial charge on any atom is -0.462 e. The lowest BCUT2D eigenvalue weighted by Crippen LogP contribution is -2.15. The standard InChI is InChI=1S/C6H8N2O4S/c1-2-12-6(9)4-3-8-13(10,11)5(4)7/h3H,2,7H2,1H3. The van der Waals surface area contributed by atoms with Gasteiger partial charge in [0, 0.05) is 0 Å². The van der Waals surface area contributed by atoms with Crippen molar-refractivity contribution in [2.24, 2.45) is 10.1 Å². The van der Waals surface area contributed by atoms with E-state index in [1.54, 1.807) is 6.92 Å². The molecule has 6 nitrogen and oxygen atoms in total. The van der Waals surface area contributed by atoms with Crippen molar-refractivity contribution >= 4 is 22.2 Å². The minimum atomic E-state index is -3.81. The number of nitrogens with two attached hydrogens (primary N) is 1. The van der Waals surface area contributed by atoms with Gasteiger partial charge in [0.2, 0.25) is 0 Å². The van der Waals surface area contributed by atoms with Crippen molar-refractivity contribution in [3.63, 3.8) is 0 Å². The van der Waals surface area contributed by atoms with Crippen molar-refractivity contribution in [1.82, 2.24) is 0 Å². The van der Waals surface area contributed by atoms with Gasteiger partial charge in [-0.1, -0.05) is 0 Å². The Hall–Kier alpha value is -1.37. The largest absolute Gasteiger partial charge is 0.462 e. The van der Waals surface area contributed by atoms with Crippen molar-refractivity contribution in [2.45, 2.75) is 6.92 Å². The third kappa shape index (κ3) is 1.69. The Labute approximate surface area is 75.1 Å². The van der Waals surface area contributed by atoms with Crippen LogP contribution >= 0.6 is 0 Å². The lowest BCUT2D eigenvalue weighted by Gasteiger charge is -1.99. The van der Waals surface area contributed by atoms with Gasteiger partial charge in [-0.15, -0.1) is 0 Å². The number of hydrogen-bond donors (Lipinski definition) is 1. The fourth-order valence-electron chi connectivity index (χ4n) is 0.744. The van der Waals surface area contributed by atoms with E-state index < -0.39 is 21.0 Å². The second-order valence-corrected chi connectivity index (χ2v) is 3.81. The summed E-state index contributed by atoms with van der Waals surface area (Å²) in [4.78, 5) is 11.0. The van der Waals surface area contributed by atoms with Gasteiger partial charge >= 0.3 is 5.97 Å². The van der Waals surface area contributed by atoms with Crippen LogP contribution in [0.4, 0.5) is 0 Å². The lowest BCUT2D eigenvalue weighted by atomic mass is 10.3. The van der Waals surface area contributed by atoms with E-state index in [4.69, 9.17) is 5.73 Å². The average Bonchev–Trinajstić information content (AvgIpc) is 2.28. The molecule has 0 aromatic carbocycles. The van der Waals surface area contributed by atoms with Crippen LogP contribution in [0.2, 0.25) is 0 Å². The highest BCUT2D eigenvalue weighted by Crippen LogP contribution is 2.15. The van der Waals surface area contributed by atoms with Gasteiger partial charge in [-0.3, -0.25) is 0 Å². The van der Waals surface area contributed by atoms with Crippen molar-refractivity contribution in [2.75, 3.05) is 6.61 Å². The Morgan fingerprint density at radius 1 is 1.69 bits per heavy atom. The van der Waals surface area contributed by atoms with E-state index in [1.165, 1.54) is 0 Å². The predicted octanol–water partition coefficient (Wildman–Crippen LogP) is -0.866. The number of ether oxygens (including phenoxy) is 1.